The molecule has 0 aliphatic heterocycles. The van der Waals surface area contributed by atoms with Gasteiger partial charge in [0.25, 0.3) is 0 Å². The van der Waals surface area contributed by atoms with E-state index < -0.39 is 11.7 Å². The van der Waals surface area contributed by atoms with E-state index in [9.17, 15) is 13.2 Å². The Morgan fingerprint density at radius 3 is 2.44 bits per heavy atom. The Hall–Kier alpha value is -1.11. The van der Waals surface area contributed by atoms with Crippen molar-refractivity contribution in [3.63, 3.8) is 0 Å². The molecule has 2 N–H and O–H groups in total. The van der Waals surface area contributed by atoms with E-state index in [-0.39, 0.29) is 11.9 Å². The smallest absolute Gasteiger partial charge is 0.313 e. The average Bonchev–Trinajstić information content (AvgIpc) is 2.78. The fourth-order valence-corrected chi connectivity index (χ4v) is 2.37. The SMILES string of the molecule is CC(N)(c1nncn1C1CCCCC1)C(F)(F)F. The van der Waals surface area contributed by atoms with Crippen LogP contribution < -0.4 is 5.73 Å². The Morgan fingerprint density at radius 1 is 1.28 bits per heavy atom. The zero-order valence-corrected chi connectivity index (χ0v) is 10.2. The van der Waals surface area contributed by atoms with Crippen molar-refractivity contribution >= 4 is 0 Å². The fourth-order valence-electron chi connectivity index (χ4n) is 2.37. The third-order valence-corrected chi connectivity index (χ3v) is 3.59. The standard InChI is InChI=1S/C11H17F3N4/c1-10(15,11(12,13)14)9-17-16-7-18(9)8-5-3-2-4-6-8/h7-8H,2-6,15H2,1H3. The van der Waals surface area contributed by atoms with Crippen LogP contribution in [0.5, 0.6) is 0 Å². The van der Waals surface area contributed by atoms with Gasteiger partial charge in [0, 0.05) is 6.04 Å². The molecule has 2 rings (SSSR count). The summed E-state index contributed by atoms with van der Waals surface area (Å²) in [5.74, 6) is -0.193. The van der Waals surface area contributed by atoms with Crippen LogP contribution in [0.25, 0.3) is 0 Å². The summed E-state index contributed by atoms with van der Waals surface area (Å²) in [5.41, 5.74) is 2.96. The van der Waals surface area contributed by atoms with Crippen molar-refractivity contribution in [2.75, 3.05) is 0 Å². The van der Waals surface area contributed by atoms with Crippen LogP contribution in [-0.4, -0.2) is 20.9 Å². The van der Waals surface area contributed by atoms with Gasteiger partial charge < -0.3 is 10.3 Å². The maximum Gasteiger partial charge on any atom is 0.413 e. The van der Waals surface area contributed by atoms with E-state index in [0.29, 0.717) is 0 Å². The summed E-state index contributed by atoms with van der Waals surface area (Å²) in [6.45, 7) is 0.941. The minimum Gasteiger partial charge on any atom is -0.313 e. The van der Waals surface area contributed by atoms with Crippen molar-refractivity contribution in [3.05, 3.63) is 12.2 Å². The monoisotopic (exact) mass is 262 g/mol. The molecule has 1 unspecified atom stereocenters. The highest BCUT2D eigenvalue weighted by atomic mass is 19.4. The summed E-state index contributed by atoms with van der Waals surface area (Å²) in [6, 6.07) is 0.0361. The van der Waals surface area contributed by atoms with Gasteiger partial charge in [-0.3, -0.25) is 0 Å². The molecule has 18 heavy (non-hydrogen) atoms. The second kappa shape index (κ2) is 4.53. The van der Waals surface area contributed by atoms with E-state index in [2.05, 4.69) is 10.2 Å². The minimum absolute atomic E-state index is 0.0361. The molecular weight excluding hydrogens is 245 g/mol. The summed E-state index contributed by atoms with van der Waals surface area (Å²) in [7, 11) is 0. The molecular formula is C11H17F3N4. The van der Waals surface area contributed by atoms with E-state index in [1.807, 2.05) is 0 Å². The first kappa shape index (κ1) is 13.3. The quantitative estimate of drug-likeness (QED) is 0.891. The van der Waals surface area contributed by atoms with Crippen molar-refractivity contribution in [1.29, 1.82) is 0 Å². The van der Waals surface area contributed by atoms with Crippen LogP contribution in [0.3, 0.4) is 0 Å². The Kier molecular flexibility index (Phi) is 3.35. The Balaban J connectivity index is 2.32. The van der Waals surface area contributed by atoms with Gasteiger partial charge in [0.1, 0.15) is 6.33 Å². The van der Waals surface area contributed by atoms with Crippen molar-refractivity contribution in [2.24, 2.45) is 5.73 Å². The average molecular weight is 262 g/mol. The molecule has 0 spiro atoms. The van der Waals surface area contributed by atoms with E-state index in [1.165, 1.54) is 10.9 Å². The highest BCUT2D eigenvalue weighted by Crippen LogP contribution is 2.38. The summed E-state index contributed by atoms with van der Waals surface area (Å²) in [4.78, 5) is 0. The van der Waals surface area contributed by atoms with Gasteiger partial charge in [0.05, 0.1) is 0 Å². The summed E-state index contributed by atoms with van der Waals surface area (Å²) in [5, 5.41) is 7.21. The highest BCUT2D eigenvalue weighted by Gasteiger charge is 2.53. The molecule has 0 amide bonds. The largest absolute Gasteiger partial charge is 0.413 e. The lowest BCUT2D eigenvalue weighted by Gasteiger charge is -2.31. The molecule has 1 fully saturated rings. The number of rotatable bonds is 2. The molecule has 0 aromatic carbocycles. The Labute approximate surface area is 103 Å². The highest BCUT2D eigenvalue weighted by molar-refractivity contribution is 5.08. The second-order valence-corrected chi connectivity index (χ2v) is 5.05. The van der Waals surface area contributed by atoms with E-state index in [0.717, 1.165) is 39.0 Å². The van der Waals surface area contributed by atoms with E-state index in [1.54, 1.807) is 0 Å². The van der Waals surface area contributed by atoms with Crippen molar-refractivity contribution in [1.82, 2.24) is 14.8 Å². The van der Waals surface area contributed by atoms with Gasteiger partial charge in [0.15, 0.2) is 11.4 Å². The molecule has 102 valence electrons. The molecule has 0 radical (unpaired) electrons. The molecule has 1 aromatic heterocycles. The van der Waals surface area contributed by atoms with Crippen molar-refractivity contribution in [3.8, 4) is 0 Å². The van der Waals surface area contributed by atoms with Crippen LogP contribution in [0, 0.1) is 0 Å². The molecule has 0 saturated heterocycles. The fraction of sp³-hybridized carbons (Fsp3) is 0.818. The van der Waals surface area contributed by atoms with Gasteiger partial charge in [-0.05, 0) is 19.8 Å². The first-order valence-corrected chi connectivity index (χ1v) is 6.09. The molecule has 1 aliphatic rings. The number of hydrogen-bond acceptors (Lipinski definition) is 3. The number of hydrogen-bond donors (Lipinski definition) is 1. The molecule has 0 bridgehead atoms. The topological polar surface area (TPSA) is 56.7 Å². The van der Waals surface area contributed by atoms with E-state index in [4.69, 9.17) is 5.73 Å². The Bertz CT molecular complexity index is 405. The Morgan fingerprint density at radius 2 is 1.89 bits per heavy atom. The number of aromatic nitrogens is 3. The van der Waals surface area contributed by atoms with Gasteiger partial charge in [-0.1, -0.05) is 19.3 Å². The summed E-state index contributed by atoms with van der Waals surface area (Å²) in [6.07, 6.45) is 1.73. The number of nitrogens with zero attached hydrogens (tertiary/aromatic N) is 3. The maximum atomic E-state index is 12.9. The third-order valence-electron chi connectivity index (χ3n) is 3.59. The third kappa shape index (κ3) is 2.23. The first-order chi connectivity index (χ1) is 8.34. The lowest BCUT2D eigenvalue weighted by atomic mass is 9.94. The molecule has 1 atom stereocenters. The predicted octanol–water partition coefficient (Wildman–Crippen LogP) is 2.52. The molecule has 7 heteroatoms. The zero-order valence-electron chi connectivity index (χ0n) is 10.2. The molecule has 1 saturated carbocycles. The lowest BCUT2D eigenvalue weighted by molar-refractivity contribution is -0.187. The summed E-state index contributed by atoms with van der Waals surface area (Å²) < 4.78 is 40.3. The van der Waals surface area contributed by atoms with Crippen LogP contribution in [0.15, 0.2) is 6.33 Å². The summed E-state index contributed by atoms with van der Waals surface area (Å²) >= 11 is 0. The van der Waals surface area contributed by atoms with Gasteiger partial charge in [0.2, 0.25) is 0 Å². The molecule has 4 nitrogen and oxygen atoms in total. The predicted molar refractivity (Wildman–Crippen MR) is 59.7 cm³/mol. The van der Waals surface area contributed by atoms with E-state index >= 15 is 0 Å². The molecule has 1 aromatic rings. The zero-order chi connectivity index (χ0) is 13.4. The van der Waals surface area contributed by atoms with Crippen LogP contribution in [0.2, 0.25) is 0 Å². The second-order valence-electron chi connectivity index (χ2n) is 5.05. The van der Waals surface area contributed by atoms with Crippen LogP contribution in [0.4, 0.5) is 13.2 Å². The normalized spacial score (nSPS) is 21.8. The number of alkyl halides is 3. The van der Waals surface area contributed by atoms with Gasteiger partial charge in [-0.2, -0.15) is 13.2 Å². The van der Waals surface area contributed by atoms with Crippen molar-refractivity contribution in [2.45, 2.75) is 56.8 Å². The maximum absolute atomic E-state index is 12.9. The van der Waals surface area contributed by atoms with Crippen LogP contribution in [0.1, 0.15) is 50.9 Å². The minimum atomic E-state index is -4.54. The van der Waals surface area contributed by atoms with Gasteiger partial charge >= 0.3 is 6.18 Å². The van der Waals surface area contributed by atoms with Crippen LogP contribution in [-0.2, 0) is 5.54 Å². The first-order valence-electron chi connectivity index (χ1n) is 6.09. The number of halogens is 3. The lowest BCUT2D eigenvalue weighted by Crippen LogP contribution is -2.50. The van der Waals surface area contributed by atoms with Crippen LogP contribution >= 0.6 is 0 Å². The molecule has 1 heterocycles. The number of nitrogens with two attached hydrogens (primary N) is 1. The molecule has 1 aliphatic carbocycles. The van der Waals surface area contributed by atoms with Gasteiger partial charge in [-0.25, -0.2) is 0 Å². The van der Waals surface area contributed by atoms with Crippen molar-refractivity contribution < 1.29 is 13.2 Å². The van der Waals surface area contributed by atoms with Gasteiger partial charge in [-0.15, -0.1) is 10.2 Å².